The van der Waals surface area contributed by atoms with E-state index in [1.807, 2.05) is 12.1 Å². The quantitative estimate of drug-likeness (QED) is 0.907. The van der Waals surface area contributed by atoms with Crippen LogP contribution in [0.15, 0.2) is 18.2 Å². The van der Waals surface area contributed by atoms with Gasteiger partial charge in [-0.2, -0.15) is 0 Å². The average molecular weight is 260 g/mol. The number of carboxylic acids is 1. The Labute approximate surface area is 104 Å². The Morgan fingerprint density at radius 1 is 1.38 bits per heavy atom. The van der Waals surface area contributed by atoms with E-state index in [1.54, 1.807) is 6.07 Å². The van der Waals surface area contributed by atoms with Gasteiger partial charge in [0.05, 0.1) is 16.0 Å². The van der Waals surface area contributed by atoms with Crippen molar-refractivity contribution in [3.05, 3.63) is 33.8 Å². The number of hydrogen-bond acceptors (Lipinski definition) is 2. The van der Waals surface area contributed by atoms with Crippen LogP contribution in [0.2, 0.25) is 10.0 Å². The fourth-order valence-corrected chi connectivity index (χ4v) is 2.07. The van der Waals surface area contributed by atoms with Crippen molar-refractivity contribution in [3.8, 4) is 0 Å². The van der Waals surface area contributed by atoms with Crippen molar-refractivity contribution in [1.29, 1.82) is 0 Å². The average Bonchev–Trinajstić information content (AvgIpc) is 2.15. The number of halogens is 2. The number of carboxylic acid groups (broad SMARTS) is 1. The summed E-state index contributed by atoms with van der Waals surface area (Å²) in [5, 5.41) is 9.81. The van der Waals surface area contributed by atoms with Crippen LogP contribution in [0.3, 0.4) is 0 Å². The van der Waals surface area contributed by atoms with E-state index in [1.165, 1.54) is 0 Å². The zero-order valence-electron chi connectivity index (χ0n) is 8.49. The fourth-order valence-electron chi connectivity index (χ4n) is 1.75. The predicted molar refractivity (Wildman–Crippen MR) is 62.9 cm³/mol. The predicted octanol–water partition coefficient (Wildman–Crippen LogP) is 2.51. The van der Waals surface area contributed by atoms with Crippen molar-refractivity contribution in [1.82, 2.24) is 4.90 Å². The molecule has 1 aliphatic rings. The minimum absolute atomic E-state index is 0.220. The number of rotatable bonds is 3. The summed E-state index contributed by atoms with van der Waals surface area (Å²) in [5.74, 6) is -0.937. The summed E-state index contributed by atoms with van der Waals surface area (Å²) in [6.07, 6.45) is 0. The number of benzene rings is 1. The molecule has 86 valence electrons. The lowest BCUT2D eigenvalue weighted by Gasteiger charge is -2.36. The van der Waals surface area contributed by atoms with Gasteiger partial charge in [-0.15, -0.1) is 0 Å². The standard InChI is InChI=1S/C11H11Cl2NO2/c12-9-2-1-7(3-10(9)13)4-14-5-8(6-14)11(15)16/h1-3,8H,4-6H2,(H,15,16). The highest BCUT2D eigenvalue weighted by atomic mass is 35.5. The van der Waals surface area contributed by atoms with Crippen LogP contribution in [-0.4, -0.2) is 29.1 Å². The Kier molecular flexibility index (Phi) is 3.38. The van der Waals surface area contributed by atoms with Crippen LogP contribution in [0.5, 0.6) is 0 Å². The van der Waals surface area contributed by atoms with E-state index in [4.69, 9.17) is 28.3 Å². The van der Waals surface area contributed by atoms with E-state index in [0.717, 1.165) is 12.1 Å². The maximum Gasteiger partial charge on any atom is 0.309 e. The monoisotopic (exact) mass is 259 g/mol. The number of aliphatic carboxylic acids is 1. The molecule has 0 bridgehead atoms. The van der Waals surface area contributed by atoms with Gasteiger partial charge < -0.3 is 5.11 Å². The lowest BCUT2D eigenvalue weighted by atomic mass is 10.00. The van der Waals surface area contributed by atoms with Crippen molar-refractivity contribution in [2.45, 2.75) is 6.54 Å². The summed E-state index contributed by atoms with van der Waals surface area (Å²) in [5.41, 5.74) is 1.05. The Bertz CT molecular complexity index is 416. The molecule has 2 rings (SSSR count). The first-order valence-electron chi connectivity index (χ1n) is 4.95. The lowest BCUT2D eigenvalue weighted by molar-refractivity contribution is -0.147. The summed E-state index contributed by atoms with van der Waals surface area (Å²) >= 11 is 11.7. The van der Waals surface area contributed by atoms with Crippen molar-refractivity contribution in [2.75, 3.05) is 13.1 Å². The largest absolute Gasteiger partial charge is 0.481 e. The van der Waals surface area contributed by atoms with Crippen LogP contribution in [0.1, 0.15) is 5.56 Å². The van der Waals surface area contributed by atoms with E-state index < -0.39 is 5.97 Å². The molecule has 1 saturated heterocycles. The molecular formula is C11H11Cl2NO2. The van der Waals surface area contributed by atoms with E-state index >= 15 is 0 Å². The second-order valence-electron chi connectivity index (χ2n) is 3.98. The topological polar surface area (TPSA) is 40.5 Å². The van der Waals surface area contributed by atoms with Crippen LogP contribution in [0, 0.1) is 5.92 Å². The van der Waals surface area contributed by atoms with Crippen LogP contribution in [0.4, 0.5) is 0 Å². The normalized spacial score (nSPS) is 17.1. The van der Waals surface area contributed by atoms with Crippen molar-refractivity contribution in [3.63, 3.8) is 0 Å². The summed E-state index contributed by atoms with van der Waals surface area (Å²) in [7, 11) is 0. The first-order chi connectivity index (χ1) is 7.56. The number of hydrogen-bond donors (Lipinski definition) is 1. The Balaban J connectivity index is 1.91. The fraction of sp³-hybridized carbons (Fsp3) is 0.364. The SMILES string of the molecule is O=C(O)C1CN(Cc2ccc(Cl)c(Cl)c2)C1. The Hall–Kier alpha value is -0.770. The van der Waals surface area contributed by atoms with Gasteiger partial charge in [0, 0.05) is 19.6 Å². The molecule has 1 fully saturated rings. The number of likely N-dealkylation sites (tertiary alicyclic amines) is 1. The molecular weight excluding hydrogens is 249 g/mol. The van der Waals surface area contributed by atoms with Gasteiger partial charge in [0.15, 0.2) is 0 Å². The van der Waals surface area contributed by atoms with E-state index in [2.05, 4.69) is 4.90 Å². The molecule has 1 N–H and O–H groups in total. The molecule has 3 nitrogen and oxygen atoms in total. The molecule has 1 aliphatic heterocycles. The summed E-state index contributed by atoms with van der Waals surface area (Å²) in [6.45, 7) is 1.94. The molecule has 0 saturated carbocycles. The maximum absolute atomic E-state index is 10.6. The summed E-state index contributed by atoms with van der Waals surface area (Å²) < 4.78 is 0. The molecule has 1 aromatic carbocycles. The smallest absolute Gasteiger partial charge is 0.309 e. The van der Waals surface area contributed by atoms with Gasteiger partial charge in [0.1, 0.15) is 0 Å². The maximum atomic E-state index is 10.6. The van der Waals surface area contributed by atoms with Crippen LogP contribution in [0.25, 0.3) is 0 Å². The second-order valence-corrected chi connectivity index (χ2v) is 4.79. The molecule has 0 aromatic heterocycles. The summed E-state index contributed by atoms with van der Waals surface area (Å²) in [4.78, 5) is 12.7. The van der Waals surface area contributed by atoms with Crippen LogP contribution in [-0.2, 0) is 11.3 Å². The van der Waals surface area contributed by atoms with Gasteiger partial charge in [-0.1, -0.05) is 29.3 Å². The van der Waals surface area contributed by atoms with Crippen LogP contribution < -0.4 is 0 Å². The third kappa shape index (κ3) is 2.48. The van der Waals surface area contributed by atoms with E-state index in [9.17, 15) is 4.79 Å². The molecule has 16 heavy (non-hydrogen) atoms. The van der Waals surface area contributed by atoms with Gasteiger partial charge in [0.2, 0.25) is 0 Å². The number of nitrogens with zero attached hydrogens (tertiary/aromatic N) is 1. The summed E-state index contributed by atoms with van der Waals surface area (Å²) in [6, 6.07) is 5.48. The molecule has 0 unspecified atom stereocenters. The molecule has 0 spiro atoms. The third-order valence-electron chi connectivity index (χ3n) is 2.70. The van der Waals surface area contributed by atoms with E-state index in [-0.39, 0.29) is 5.92 Å². The van der Waals surface area contributed by atoms with Gasteiger partial charge in [-0.3, -0.25) is 9.69 Å². The minimum Gasteiger partial charge on any atom is -0.481 e. The molecule has 0 atom stereocenters. The Morgan fingerprint density at radius 2 is 2.06 bits per heavy atom. The molecule has 1 heterocycles. The molecule has 5 heteroatoms. The van der Waals surface area contributed by atoms with Crippen LogP contribution >= 0.6 is 23.2 Å². The van der Waals surface area contributed by atoms with Gasteiger partial charge in [-0.05, 0) is 17.7 Å². The molecule has 0 amide bonds. The molecule has 0 aliphatic carbocycles. The highest BCUT2D eigenvalue weighted by Gasteiger charge is 2.32. The first-order valence-corrected chi connectivity index (χ1v) is 5.71. The highest BCUT2D eigenvalue weighted by molar-refractivity contribution is 6.42. The molecule has 0 radical (unpaired) electrons. The Morgan fingerprint density at radius 3 is 2.62 bits per heavy atom. The number of carbonyl (C=O) groups is 1. The second kappa shape index (κ2) is 4.62. The first kappa shape index (κ1) is 11.7. The van der Waals surface area contributed by atoms with Crippen molar-refractivity contribution < 1.29 is 9.90 Å². The third-order valence-corrected chi connectivity index (χ3v) is 3.44. The molecule has 1 aromatic rings. The lowest BCUT2D eigenvalue weighted by Crippen LogP contribution is -2.49. The van der Waals surface area contributed by atoms with Crippen molar-refractivity contribution in [2.24, 2.45) is 5.92 Å². The highest BCUT2D eigenvalue weighted by Crippen LogP contribution is 2.25. The van der Waals surface area contributed by atoms with Gasteiger partial charge in [-0.25, -0.2) is 0 Å². The zero-order valence-corrected chi connectivity index (χ0v) is 10.0. The van der Waals surface area contributed by atoms with Gasteiger partial charge >= 0.3 is 5.97 Å². The zero-order chi connectivity index (χ0) is 11.7. The van der Waals surface area contributed by atoms with Gasteiger partial charge in [0.25, 0.3) is 0 Å². The minimum atomic E-state index is -0.717. The van der Waals surface area contributed by atoms with Crippen molar-refractivity contribution >= 4 is 29.2 Å². The van der Waals surface area contributed by atoms with E-state index in [0.29, 0.717) is 23.1 Å².